The average Bonchev–Trinajstić information content (AvgIpc) is 2.61. The van der Waals surface area contributed by atoms with E-state index in [9.17, 15) is 26.4 Å². The van der Waals surface area contributed by atoms with Crippen LogP contribution in [0.3, 0.4) is 0 Å². The first kappa shape index (κ1) is 21.1. The number of nitrogens with one attached hydrogen (secondary N) is 2. The molecule has 0 aliphatic carbocycles. The number of sulfonamides is 1. The summed E-state index contributed by atoms with van der Waals surface area (Å²) in [5.74, 6) is -0.307. The van der Waals surface area contributed by atoms with E-state index in [1.165, 1.54) is 12.1 Å². The van der Waals surface area contributed by atoms with Gasteiger partial charge in [-0.15, -0.1) is 0 Å². The van der Waals surface area contributed by atoms with E-state index in [0.29, 0.717) is 23.4 Å². The smallest absolute Gasteiger partial charge is 0.280 e. The third-order valence-electron chi connectivity index (χ3n) is 4.24. The Labute approximate surface area is 169 Å². The predicted molar refractivity (Wildman–Crippen MR) is 102 cm³/mol. The highest BCUT2D eigenvalue weighted by atomic mass is 35.5. The van der Waals surface area contributed by atoms with Gasteiger partial charge in [-0.1, -0.05) is 30.7 Å². The van der Waals surface area contributed by atoms with Crippen molar-refractivity contribution in [3.05, 3.63) is 58.6 Å². The second-order valence-corrected chi connectivity index (χ2v) is 8.52. The van der Waals surface area contributed by atoms with E-state index < -0.39 is 26.7 Å². The summed E-state index contributed by atoms with van der Waals surface area (Å²) in [7, 11) is -4.35. The first-order valence-corrected chi connectivity index (χ1v) is 10.2. The molecule has 29 heavy (non-hydrogen) atoms. The van der Waals surface area contributed by atoms with Crippen LogP contribution in [0.25, 0.3) is 0 Å². The van der Waals surface area contributed by atoms with Crippen molar-refractivity contribution in [3.63, 3.8) is 0 Å². The molecule has 0 bridgehead atoms. The third-order valence-corrected chi connectivity index (χ3v) is 6.10. The summed E-state index contributed by atoms with van der Waals surface area (Å²) in [6, 6.07) is 8.16. The van der Waals surface area contributed by atoms with Gasteiger partial charge in [0.2, 0.25) is 5.91 Å². The van der Waals surface area contributed by atoms with Crippen molar-refractivity contribution in [1.29, 1.82) is 0 Å². The lowest BCUT2D eigenvalue weighted by Crippen LogP contribution is -2.31. The van der Waals surface area contributed by atoms with Crippen LogP contribution < -0.4 is 10.1 Å². The average molecular weight is 446 g/mol. The molecule has 154 valence electrons. The number of amides is 1. The van der Waals surface area contributed by atoms with E-state index >= 15 is 0 Å². The second kappa shape index (κ2) is 7.68. The molecule has 0 spiro atoms. The molecule has 6 nitrogen and oxygen atoms in total. The maximum absolute atomic E-state index is 12.9. The zero-order valence-corrected chi connectivity index (χ0v) is 16.5. The van der Waals surface area contributed by atoms with Gasteiger partial charge in [0.15, 0.2) is 0 Å². The van der Waals surface area contributed by atoms with E-state index in [1.807, 2.05) is 6.92 Å². The number of benzene rings is 2. The molecular formula is C18H15ClF3N3O3S. The van der Waals surface area contributed by atoms with Crippen LogP contribution in [0.15, 0.2) is 52.5 Å². The molecule has 0 aromatic heterocycles. The number of hydrogen-bond donors (Lipinski definition) is 2. The minimum Gasteiger partial charge on any atom is -0.280 e. The molecule has 11 heteroatoms. The highest BCUT2D eigenvalue weighted by Gasteiger charge is 2.32. The minimum absolute atomic E-state index is 0.116. The molecule has 1 aliphatic rings. The Kier molecular flexibility index (Phi) is 5.59. The molecule has 1 amide bonds. The number of hydrazone groups is 1. The monoisotopic (exact) mass is 445 g/mol. The van der Waals surface area contributed by atoms with Gasteiger partial charge in [-0.25, -0.2) is 13.8 Å². The van der Waals surface area contributed by atoms with E-state index in [0.717, 1.165) is 6.07 Å². The normalized spacial score (nSPS) is 17.5. The molecule has 1 heterocycles. The quantitative estimate of drug-likeness (QED) is 0.745. The van der Waals surface area contributed by atoms with E-state index in [2.05, 4.69) is 15.2 Å². The Balaban J connectivity index is 1.86. The summed E-state index contributed by atoms with van der Waals surface area (Å²) in [4.78, 5) is 10.7. The van der Waals surface area contributed by atoms with Gasteiger partial charge in [-0.05, 0) is 35.9 Å². The van der Waals surface area contributed by atoms with Gasteiger partial charge < -0.3 is 0 Å². The van der Waals surface area contributed by atoms with Crippen LogP contribution >= 0.6 is 11.6 Å². The molecule has 2 aromatic carbocycles. The Morgan fingerprint density at radius 2 is 1.83 bits per heavy atom. The molecule has 2 aromatic rings. The van der Waals surface area contributed by atoms with Gasteiger partial charge in [-0.2, -0.15) is 18.3 Å². The highest BCUT2D eigenvalue weighted by Crippen LogP contribution is 2.34. The maximum atomic E-state index is 12.9. The fourth-order valence-electron chi connectivity index (χ4n) is 2.81. The van der Waals surface area contributed by atoms with Crippen molar-refractivity contribution in [2.24, 2.45) is 11.0 Å². The molecule has 0 saturated carbocycles. The summed E-state index contributed by atoms with van der Waals surface area (Å²) < 4.78 is 66.0. The van der Waals surface area contributed by atoms with Crippen LogP contribution in [-0.2, 0) is 21.0 Å². The van der Waals surface area contributed by atoms with Crippen molar-refractivity contribution in [3.8, 4) is 0 Å². The van der Waals surface area contributed by atoms with Crippen LogP contribution in [0.1, 0.15) is 24.5 Å². The van der Waals surface area contributed by atoms with Crippen LogP contribution in [-0.4, -0.2) is 20.0 Å². The third kappa shape index (κ3) is 4.70. The van der Waals surface area contributed by atoms with Gasteiger partial charge in [-0.3, -0.25) is 9.52 Å². The van der Waals surface area contributed by atoms with Gasteiger partial charge in [0.1, 0.15) is 4.90 Å². The van der Waals surface area contributed by atoms with Crippen LogP contribution in [0.4, 0.5) is 18.9 Å². The summed E-state index contributed by atoms with van der Waals surface area (Å²) in [5.41, 5.74) is 2.72. The summed E-state index contributed by atoms with van der Waals surface area (Å²) in [6.45, 7) is 1.84. The Hall–Kier alpha value is -2.59. The van der Waals surface area contributed by atoms with E-state index in [4.69, 9.17) is 11.6 Å². The lowest BCUT2D eigenvalue weighted by atomic mass is 9.94. The number of hydrogen-bond acceptors (Lipinski definition) is 4. The van der Waals surface area contributed by atoms with Crippen molar-refractivity contribution >= 4 is 38.9 Å². The Morgan fingerprint density at radius 1 is 1.17 bits per heavy atom. The first-order chi connectivity index (χ1) is 13.5. The Morgan fingerprint density at radius 3 is 2.41 bits per heavy atom. The summed E-state index contributed by atoms with van der Waals surface area (Å²) in [6.07, 6.45) is -4.43. The number of alkyl halides is 3. The van der Waals surface area contributed by atoms with Gasteiger partial charge in [0.05, 0.1) is 16.3 Å². The number of anilines is 1. The molecule has 3 rings (SSSR count). The number of halogens is 4. The first-order valence-electron chi connectivity index (χ1n) is 8.34. The second-order valence-electron chi connectivity index (χ2n) is 6.46. The highest BCUT2D eigenvalue weighted by molar-refractivity contribution is 7.92. The van der Waals surface area contributed by atoms with Gasteiger partial charge >= 0.3 is 6.18 Å². The molecule has 1 atom stereocenters. The molecule has 0 fully saturated rings. The largest absolute Gasteiger partial charge is 0.416 e. The molecular weight excluding hydrogens is 431 g/mol. The number of nitrogens with zero attached hydrogens (tertiary/aromatic N) is 1. The molecule has 0 radical (unpaired) electrons. The standard InChI is InChI=1S/C18H15ClF3N3O3S/c1-10-8-16(26)23-24-17(10)11-2-5-13(6-3-11)25-29(27,28)15-9-12(18(20,21)22)4-7-14(15)19/h2-7,9-10,25H,8H2,1H3,(H,23,26)/t10-/m1/s1. The fourth-order valence-corrected chi connectivity index (χ4v) is 4.39. The topological polar surface area (TPSA) is 87.6 Å². The van der Waals surface area contributed by atoms with Crippen molar-refractivity contribution in [2.75, 3.05) is 4.72 Å². The lowest BCUT2D eigenvalue weighted by molar-refractivity contribution is -0.137. The van der Waals surface area contributed by atoms with Crippen molar-refractivity contribution in [2.45, 2.75) is 24.4 Å². The molecule has 0 unspecified atom stereocenters. The van der Waals surface area contributed by atoms with Gasteiger partial charge in [0.25, 0.3) is 10.0 Å². The SMILES string of the molecule is C[C@@H]1CC(=O)NN=C1c1ccc(NS(=O)(=O)c2cc(C(F)(F)F)ccc2Cl)cc1. The van der Waals surface area contributed by atoms with Crippen LogP contribution in [0, 0.1) is 5.92 Å². The minimum atomic E-state index is -4.71. The Bertz CT molecular complexity index is 1080. The molecule has 0 saturated heterocycles. The van der Waals surface area contributed by atoms with E-state index in [1.54, 1.807) is 12.1 Å². The zero-order valence-electron chi connectivity index (χ0n) is 14.9. The maximum Gasteiger partial charge on any atom is 0.416 e. The number of rotatable bonds is 4. The summed E-state index contributed by atoms with van der Waals surface area (Å²) in [5, 5.41) is 3.68. The van der Waals surface area contributed by atoms with Crippen LogP contribution in [0.5, 0.6) is 0 Å². The van der Waals surface area contributed by atoms with Crippen LogP contribution in [0.2, 0.25) is 5.02 Å². The lowest BCUT2D eigenvalue weighted by Gasteiger charge is -2.19. The number of carbonyl (C=O) groups excluding carboxylic acids is 1. The fraction of sp³-hybridized carbons (Fsp3) is 0.222. The van der Waals surface area contributed by atoms with Crippen molar-refractivity contribution < 1.29 is 26.4 Å². The van der Waals surface area contributed by atoms with E-state index in [-0.39, 0.29) is 29.0 Å². The predicted octanol–water partition coefficient (Wildman–Crippen LogP) is 4.02. The summed E-state index contributed by atoms with van der Waals surface area (Å²) >= 11 is 5.81. The van der Waals surface area contributed by atoms with Gasteiger partial charge in [0, 0.05) is 18.0 Å². The zero-order chi connectivity index (χ0) is 21.4. The molecule has 2 N–H and O–H groups in total. The molecule has 1 aliphatic heterocycles. The number of carbonyl (C=O) groups is 1. The van der Waals surface area contributed by atoms with Crippen molar-refractivity contribution in [1.82, 2.24) is 5.43 Å².